The maximum absolute atomic E-state index is 12.9. The van der Waals surface area contributed by atoms with E-state index in [1.54, 1.807) is 31.2 Å². The average Bonchev–Trinajstić information content (AvgIpc) is 2.78. The highest BCUT2D eigenvalue weighted by Gasteiger charge is 2.22. The Kier molecular flexibility index (Phi) is 6.97. The van der Waals surface area contributed by atoms with Crippen LogP contribution in [0, 0.1) is 0 Å². The molecule has 31 heavy (non-hydrogen) atoms. The van der Waals surface area contributed by atoms with Crippen LogP contribution in [0.5, 0.6) is 5.75 Å². The molecule has 0 heterocycles. The summed E-state index contributed by atoms with van der Waals surface area (Å²) < 4.78 is 30.3. The van der Waals surface area contributed by atoms with Gasteiger partial charge in [0.05, 0.1) is 18.0 Å². The smallest absolute Gasteiger partial charge is 0.261 e. The van der Waals surface area contributed by atoms with Crippen LogP contribution < -0.4 is 14.4 Å². The van der Waals surface area contributed by atoms with Crippen LogP contribution in [0.15, 0.2) is 84.9 Å². The first-order chi connectivity index (χ1) is 14.8. The molecule has 0 aliphatic carbocycles. The zero-order valence-electron chi connectivity index (χ0n) is 17.7. The van der Waals surface area contributed by atoms with E-state index in [-0.39, 0.29) is 11.9 Å². The van der Waals surface area contributed by atoms with E-state index in [0.717, 1.165) is 17.4 Å². The van der Waals surface area contributed by atoms with Gasteiger partial charge in [0.2, 0.25) is 10.0 Å². The first-order valence-electron chi connectivity index (χ1n) is 9.86. The van der Waals surface area contributed by atoms with Gasteiger partial charge >= 0.3 is 0 Å². The van der Waals surface area contributed by atoms with Crippen molar-refractivity contribution < 1.29 is 17.9 Å². The van der Waals surface area contributed by atoms with Gasteiger partial charge < -0.3 is 10.1 Å². The summed E-state index contributed by atoms with van der Waals surface area (Å²) in [6.45, 7) is 1.68. The van der Waals surface area contributed by atoms with Crippen molar-refractivity contribution in [2.75, 3.05) is 17.6 Å². The van der Waals surface area contributed by atoms with E-state index >= 15 is 0 Å². The van der Waals surface area contributed by atoms with Gasteiger partial charge in [-0.1, -0.05) is 60.7 Å². The van der Waals surface area contributed by atoms with E-state index < -0.39 is 16.1 Å². The van der Waals surface area contributed by atoms with Crippen LogP contribution in [0.2, 0.25) is 0 Å². The zero-order chi connectivity index (χ0) is 22.4. The van der Waals surface area contributed by atoms with Gasteiger partial charge in [-0.3, -0.25) is 9.10 Å². The van der Waals surface area contributed by atoms with Crippen LogP contribution in [-0.4, -0.2) is 33.7 Å². The molecule has 1 atom stereocenters. The molecule has 1 unspecified atom stereocenters. The number of anilines is 1. The first kappa shape index (κ1) is 22.4. The zero-order valence-corrected chi connectivity index (χ0v) is 18.5. The third-order valence-electron chi connectivity index (χ3n) is 4.93. The van der Waals surface area contributed by atoms with Crippen molar-refractivity contribution in [3.8, 4) is 5.75 Å². The number of carbonyl (C=O) groups is 1. The van der Waals surface area contributed by atoms with Crippen molar-refractivity contribution in [2.45, 2.75) is 19.1 Å². The predicted molar refractivity (Wildman–Crippen MR) is 123 cm³/mol. The van der Waals surface area contributed by atoms with E-state index in [1.807, 2.05) is 60.7 Å². The maximum Gasteiger partial charge on any atom is 0.261 e. The molecule has 7 heteroatoms. The number of hydrogen-bond acceptors (Lipinski definition) is 4. The number of sulfonamides is 1. The Labute approximate surface area is 183 Å². The monoisotopic (exact) mass is 438 g/mol. The third kappa shape index (κ3) is 5.86. The SMILES string of the molecule is CC(Oc1ccc(N(C)S(C)(=O)=O)cc1)C(=O)NC(c1ccccc1)c1ccccc1. The number of nitrogens with one attached hydrogen (secondary N) is 1. The molecule has 3 aromatic carbocycles. The minimum absolute atomic E-state index is 0.255. The fraction of sp³-hybridized carbons (Fsp3) is 0.208. The summed E-state index contributed by atoms with van der Waals surface area (Å²) in [5, 5.41) is 3.07. The van der Waals surface area contributed by atoms with E-state index in [9.17, 15) is 13.2 Å². The lowest BCUT2D eigenvalue weighted by Gasteiger charge is -2.23. The third-order valence-corrected chi connectivity index (χ3v) is 6.14. The summed E-state index contributed by atoms with van der Waals surface area (Å²) in [6.07, 6.45) is 0.396. The lowest BCUT2D eigenvalue weighted by atomic mass is 9.98. The Balaban J connectivity index is 1.71. The highest BCUT2D eigenvalue weighted by atomic mass is 32.2. The minimum atomic E-state index is -3.34. The average molecular weight is 439 g/mol. The number of carbonyl (C=O) groups excluding carboxylic acids is 1. The summed E-state index contributed by atoms with van der Waals surface area (Å²) in [6, 6.07) is 25.8. The van der Waals surface area contributed by atoms with Crippen molar-refractivity contribution in [1.29, 1.82) is 0 Å². The summed E-state index contributed by atoms with van der Waals surface area (Å²) in [4.78, 5) is 12.9. The lowest BCUT2D eigenvalue weighted by molar-refractivity contribution is -0.127. The molecule has 0 spiro atoms. The van der Waals surface area contributed by atoms with Gasteiger partial charge in [0.25, 0.3) is 5.91 Å². The molecule has 162 valence electrons. The highest BCUT2D eigenvalue weighted by Crippen LogP contribution is 2.23. The first-order valence-corrected chi connectivity index (χ1v) is 11.7. The topological polar surface area (TPSA) is 75.7 Å². The molecule has 1 N–H and O–H groups in total. The van der Waals surface area contributed by atoms with Gasteiger partial charge in [0, 0.05) is 7.05 Å². The Morgan fingerprint density at radius 2 is 1.35 bits per heavy atom. The van der Waals surface area contributed by atoms with Gasteiger partial charge in [-0.2, -0.15) is 0 Å². The van der Waals surface area contributed by atoms with Gasteiger partial charge in [0.15, 0.2) is 6.10 Å². The molecular weight excluding hydrogens is 412 g/mol. The summed E-state index contributed by atoms with van der Waals surface area (Å²) in [5.41, 5.74) is 2.46. The second-order valence-electron chi connectivity index (χ2n) is 7.25. The van der Waals surface area contributed by atoms with Crippen LogP contribution in [-0.2, 0) is 14.8 Å². The molecule has 3 aromatic rings. The normalized spacial score (nSPS) is 12.3. The molecule has 0 fully saturated rings. The second-order valence-corrected chi connectivity index (χ2v) is 9.26. The van der Waals surface area contributed by atoms with Gasteiger partial charge in [-0.05, 0) is 42.3 Å². The Morgan fingerprint density at radius 1 is 0.871 bits per heavy atom. The van der Waals surface area contributed by atoms with Crippen LogP contribution in [0.3, 0.4) is 0 Å². The maximum atomic E-state index is 12.9. The Hall–Kier alpha value is -3.32. The van der Waals surface area contributed by atoms with Crippen LogP contribution in [0.1, 0.15) is 24.1 Å². The van der Waals surface area contributed by atoms with Crippen LogP contribution >= 0.6 is 0 Å². The van der Waals surface area contributed by atoms with Gasteiger partial charge in [-0.25, -0.2) is 8.42 Å². The fourth-order valence-electron chi connectivity index (χ4n) is 3.09. The second kappa shape index (κ2) is 9.66. The van der Waals surface area contributed by atoms with E-state index in [4.69, 9.17) is 4.74 Å². The molecule has 0 aliphatic heterocycles. The number of rotatable bonds is 8. The number of ether oxygens (including phenoxy) is 1. The van der Waals surface area contributed by atoms with E-state index in [2.05, 4.69) is 5.32 Å². The minimum Gasteiger partial charge on any atom is -0.481 e. The van der Waals surface area contributed by atoms with Crippen molar-refractivity contribution in [3.05, 3.63) is 96.1 Å². The number of hydrogen-bond donors (Lipinski definition) is 1. The summed E-state index contributed by atoms with van der Waals surface area (Å²) in [7, 11) is -1.86. The van der Waals surface area contributed by atoms with Crippen molar-refractivity contribution >= 4 is 21.6 Å². The quantitative estimate of drug-likeness (QED) is 0.581. The molecule has 0 saturated heterocycles. The largest absolute Gasteiger partial charge is 0.481 e. The number of benzene rings is 3. The van der Waals surface area contributed by atoms with Crippen LogP contribution in [0.25, 0.3) is 0 Å². The molecule has 3 rings (SSSR count). The van der Waals surface area contributed by atoms with Gasteiger partial charge in [-0.15, -0.1) is 0 Å². The highest BCUT2D eigenvalue weighted by molar-refractivity contribution is 7.92. The molecular formula is C24H26N2O4S. The molecule has 0 radical (unpaired) electrons. The lowest BCUT2D eigenvalue weighted by Crippen LogP contribution is -2.39. The molecule has 0 bridgehead atoms. The molecule has 0 saturated carbocycles. The molecule has 0 aliphatic rings. The number of nitrogens with zero attached hydrogens (tertiary/aromatic N) is 1. The predicted octanol–water partition coefficient (Wildman–Crippen LogP) is 3.76. The Morgan fingerprint density at radius 3 is 1.81 bits per heavy atom. The van der Waals surface area contributed by atoms with Crippen molar-refractivity contribution in [3.63, 3.8) is 0 Å². The fourth-order valence-corrected chi connectivity index (χ4v) is 3.60. The van der Waals surface area contributed by atoms with Gasteiger partial charge in [0.1, 0.15) is 5.75 Å². The van der Waals surface area contributed by atoms with E-state index in [0.29, 0.717) is 11.4 Å². The van der Waals surface area contributed by atoms with Crippen molar-refractivity contribution in [2.24, 2.45) is 0 Å². The summed E-state index contributed by atoms with van der Waals surface area (Å²) >= 11 is 0. The molecule has 1 amide bonds. The van der Waals surface area contributed by atoms with Crippen LogP contribution in [0.4, 0.5) is 5.69 Å². The summed E-state index contributed by atoms with van der Waals surface area (Å²) in [5.74, 6) is 0.222. The van der Waals surface area contributed by atoms with E-state index in [1.165, 1.54) is 11.4 Å². The number of amides is 1. The molecule has 0 aromatic heterocycles. The molecule has 6 nitrogen and oxygen atoms in total. The van der Waals surface area contributed by atoms with Crippen molar-refractivity contribution in [1.82, 2.24) is 5.32 Å². The Bertz CT molecular complexity index is 1060. The standard InChI is InChI=1S/C24H26N2O4S/c1-18(30-22-16-14-21(15-17-22)26(2)31(3,28)29)24(27)25-23(19-10-6-4-7-11-19)20-12-8-5-9-13-20/h4-18,23H,1-3H3,(H,25,27).